The largest absolute Gasteiger partial charge is 0.462 e. The summed E-state index contributed by atoms with van der Waals surface area (Å²) in [5, 5.41) is 3.34. The number of aryl methyl sites for hydroxylation is 1. The van der Waals surface area contributed by atoms with Crippen molar-refractivity contribution in [1.29, 1.82) is 0 Å². The average molecular weight is 441 g/mol. The summed E-state index contributed by atoms with van der Waals surface area (Å²) in [6.07, 6.45) is 0.755. The number of rotatable bonds is 6. The third-order valence-electron chi connectivity index (χ3n) is 5.13. The van der Waals surface area contributed by atoms with Gasteiger partial charge in [0.05, 0.1) is 17.6 Å². The van der Waals surface area contributed by atoms with Gasteiger partial charge in [-0.1, -0.05) is 30.7 Å². The Kier molecular flexibility index (Phi) is 6.36. The maximum Gasteiger partial charge on any atom is 0.338 e. The maximum absolute atomic E-state index is 12.6. The summed E-state index contributed by atoms with van der Waals surface area (Å²) < 4.78 is 11.0. The van der Waals surface area contributed by atoms with Gasteiger partial charge in [0.2, 0.25) is 0 Å². The van der Waals surface area contributed by atoms with Gasteiger partial charge in [0.15, 0.2) is 5.43 Å². The van der Waals surface area contributed by atoms with E-state index in [-0.39, 0.29) is 17.3 Å². The second-order valence-electron chi connectivity index (χ2n) is 7.72. The summed E-state index contributed by atoms with van der Waals surface area (Å²) >= 11 is 0. The highest BCUT2D eigenvalue weighted by molar-refractivity contribution is 6.04. The van der Waals surface area contributed by atoms with E-state index in [1.54, 1.807) is 60.7 Å². The summed E-state index contributed by atoms with van der Waals surface area (Å²) in [5.74, 6) is -0.243. The number of benzene rings is 3. The molecule has 4 rings (SSSR count). The van der Waals surface area contributed by atoms with E-state index in [0.717, 1.165) is 12.0 Å². The van der Waals surface area contributed by atoms with Crippen LogP contribution in [0.15, 0.2) is 82.0 Å². The summed E-state index contributed by atoms with van der Waals surface area (Å²) in [7, 11) is 0. The van der Waals surface area contributed by atoms with Crippen molar-refractivity contribution in [2.24, 2.45) is 0 Å². The van der Waals surface area contributed by atoms with Gasteiger partial charge in [-0.15, -0.1) is 0 Å². The molecule has 1 heterocycles. The highest BCUT2D eigenvalue weighted by atomic mass is 16.5. The molecule has 0 fully saturated rings. The minimum atomic E-state index is -0.388. The third kappa shape index (κ3) is 5.01. The normalized spacial score (nSPS) is 10.7. The molecule has 0 bridgehead atoms. The number of hydrogen-bond acceptors (Lipinski definition) is 5. The zero-order valence-corrected chi connectivity index (χ0v) is 18.4. The van der Waals surface area contributed by atoms with Gasteiger partial charge in [-0.05, 0) is 61.9 Å². The highest BCUT2D eigenvalue weighted by Crippen LogP contribution is 2.23. The van der Waals surface area contributed by atoms with Gasteiger partial charge in [0.1, 0.15) is 11.3 Å². The van der Waals surface area contributed by atoms with Gasteiger partial charge in [-0.3, -0.25) is 9.59 Å². The fourth-order valence-electron chi connectivity index (χ4n) is 3.37. The fourth-order valence-corrected chi connectivity index (χ4v) is 3.37. The van der Waals surface area contributed by atoms with Gasteiger partial charge in [0.25, 0.3) is 5.91 Å². The first kappa shape index (κ1) is 22.0. The Bertz CT molecular complexity index is 1370. The van der Waals surface area contributed by atoms with Crippen LogP contribution in [0.5, 0.6) is 0 Å². The number of amides is 1. The minimum absolute atomic E-state index is 0.112. The van der Waals surface area contributed by atoms with E-state index in [0.29, 0.717) is 45.7 Å². The number of ether oxygens (including phenoxy) is 1. The summed E-state index contributed by atoms with van der Waals surface area (Å²) in [6, 6.07) is 20.3. The van der Waals surface area contributed by atoms with Crippen LogP contribution in [0.1, 0.15) is 39.6 Å². The van der Waals surface area contributed by atoms with E-state index in [1.807, 2.05) is 19.9 Å². The lowest BCUT2D eigenvalue weighted by molar-refractivity contribution is 0.0505. The lowest BCUT2D eigenvalue weighted by Gasteiger charge is -2.08. The molecular weight excluding hydrogens is 418 g/mol. The van der Waals surface area contributed by atoms with E-state index in [1.165, 1.54) is 6.07 Å². The predicted octanol–water partition coefficient (Wildman–Crippen LogP) is 5.59. The van der Waals surface area contributed by atoms with Crippen LogP contribution in [0.4, 0.5) is 5.69 Å². The van der Waals surface area contributed by atoms with Crippen molar-refractivity contribution in [2.45, 2.75) is 20.3 Å². The fraction of sp³-hybridized carbons (Fsp3) is 0.148. The van der Waals surface area contributed by atoms with Crippen LogP contribution in [0.2, 0.25) is 0 Å². The van der Waals surface area contributed by atoms with Crippen molar-refractivity contribution in [1.82, 2.24) is 0 Å². The van der Waals surface area contributed by atoms with Gasteiger partial charge in [-0.2, -0.15) is 0 Å². The molecule has 1 N–H and O–H groups in total. The van der Waals surface area contributed by atoms with Crippen molar-refractivity contribution in [3.8, 4) is 11.3 Å². The quantitative estimate of drug-likeness (QED) is 0.394. The molecule has 33 heavy (non-hydrogen) atoms. The Morgan fingerprint density at radius 2 is 1.61 bits per heavy atom. The molecule has 166 valence electrons. The van der Waals surface area contributed by atoms with Crippen molar-refractivity contribution < 1.29 is 18.7 Å². The molecule has 6 heteroatoms. The first-order valence-electron chi connectivity index (χ1n) is 10.7. The second-order valence-corrected chi connectivity index (χ2v) is 7.72. The van der Waals surface area contributed by atoms with Crippen molar-refractivity contribution in [2.75, 3.05) is 11.9 Å². The van der Waals surface area contributed by atoms with E-state index in [9.17, 15) is 14.4 Å². The summed E-state index contributed by atoms with van der Waals surface area (Å²) in [4.78, 5) is 37.0. The Morgan fingerprint density at radius 1 is 0.909 bits per heavy atom. The van der Waals surface area contributed by atoms with E-state index in [2.05, 4.69) is 5.32 Å². The molecule has 6 nitrogen and oxygen atoms in total. The van der Waals surface area contributed by atoms with Crippen LogP contribution in [0.3, 0.4) is 0 Å². The highest BCUT2D eigenvalue weighted by Gasteiger charge is 2.11. The Morgan fingerprint density at radius 3 is 2.30 bits per heavy atom. The molecule has 4 aromatic rings. The standard InChI is InChI=1S/C27H23NO5/c1-3-14-32-27(31)20-9-11-21(12-10-20)28-26(30)19-7-5-18(6-8-19)25-16-23(29)22-15-17(2)4-13-24(22)33-25/h4-13,15-16H,3,14H2,1-2H3,(H,28,30). The zero-order valence-electron chi connectivity index (χ0n) is 18.4. The summed E-state index contributed by atoms with van der Waals surface area (Å²) in [5.41, 5.74) is 3.53. The lowest BCUT2D eigenvalue weighted by atomic mass is 10.1. The summed E-state index contributed by atoms with van der Waals surface area (Å²) in [6.45, 7) is 4.22. The van der Waals surface area contributed by atoms with Crippen LogP contribution < -0.4 is 10.7 Å². The molecule has 0 spiro atoms. The Balaban J connectivity index is 1.47. The topological polar surface area (TPSA) is 85.6 Å². The van der Waals surface area contributed by atoms with Crippen LogP contribution >= 0.6 is 0 Å². The predicted molar refractivity (Wildman–Crippen MR) is 128 cm³/mol. The monoisotopic (exact) mass is 441 g/mol. The molecule has 1 amide bonds. The molecule has 0 saturated carbocycles. The first-order chi connectivity index (χ1) is 15.9. The Labute approximate surface area is 190 Å². The number of anilines is 1. The van der Waals surface area contributed by atoms with Crippen LogP contribution in [-0.4, -0.2) is 18.5 Å². The smallest absolute Gasteiger partial charge is 0.338 e. The second kappa shape index (κ2) is 9.53. The van der Waals surface area contributed by atoms with Gasteiger partial charge in [-0.25, -0.2) is 4.79 Å². The molecule has 0 aliphatic rings. The number of fused-ring (bicyclic) bond motifs is 1. The number of carbonyl (C=O) groups is 2. The molecule has 0 aliphatic carbocycles. The molecule has 1 aromatic heterocycles. The van der Waals surface area contributed by atoms with Gasteiger partial charge in [0, 0.05) is 22.9 Å². The van der Waals surface area contributed by atoms with Crippen molar-refractivity contribution >= 4 is 28.5 Å². The van der Waals surface area contributed by atoms with E-state index < -0.39 is 0 Å². The molecule has 0 saturated heterocycles. The van der Waals surface area contributed by atoms with Crippen LogP contribution in [0, 0.1) is 6.92 Å². The maximum atomic E-state index is 12.6. The van der Waals surface area contributed by atoms with Crippen molar-refractivity contribution in [3.05, 3.63) is 99.7 Å². The third-order valence-corrected chi connectivity index (χ3v) is 5.13. The van der Waals surface area contributed by atoms with Gasteiger partial charge < -0.3 is 14.5 Å². The molecule has 0 unspecified atom stereocenters. The molecule has 0 atom stereocenters. The molecule has 0 aliphatic heterocycles. The van der Waals surface area contributed by atoms with E-state index >= 15 is 0 Å². The molecule has 0 radical (unpaired) electrons. The lowest BCUT2D eigenvalue weighted by Crippen LogP contribution is -2.12. The number of esters is 1. The number of nitrogens with one attached hydrogen (secondary N) is 1. The minimum Gasteiger partial charge on any atom is -0.462 e. The van der Waals surface area contributed by atoms with Crippen LogP contribution in [-0.2, 0) is 4.74 Å². The molecular formula is C27H23NO5. The van der Waals surface area contributed by atoms with Crippen LogP contribution in [0.25, 0.3) is 22.3 Å². The zero-order chi connectivity index (χ0) is 23.4. The molecule has 3 aromatic carbocycles. The SMILES string of the molecule is CCCOC(=O)c1ccc(NC(=O)c2ccc(-c3cc(=O)c4cc(C)ccc4o3)cc2)cc1. The number of hydrogen-bond donors (Lipinski definition) is 1. The number of carbonyl (C=O) groups excluding carboxylic acids is 2. The van der Waals surface area contributed by atoms with E-state index in [4.69, 9.17) is 9.15 Å². The van der Waals surface area contributed by atoms with Gasteiger partial charge >= 0.3 is 5.97 Å². The average Bonchev–Trinajstić information content (AvgIpc) is 2.83. The first-order valence-corrected chi connectivity index (χ1v) is 10.7. The van der Waals surface area contributed by atoms with Crippen molar-refractivity contribution in [3.63, 3.8) is 0 Å². The Hall–Kier alpha value is -4.19.